The number of nitrogens with zero attached hydrogens (tertiary/aromatic N) is 1. The summed E-state index contributed by atoms with van der Waals surface area (Å²) in [5, 5.41) is 2.64. The van der Waals surface area contributed by atoms with E-state index in [4.69, 9.17) is 13.9 Å². The summed E-state index contributed by atoms with van der Waals surface area (Å²) in [4.78, 5) is 42.4. The second-order valence-electron chi connectivity index (χ2n) is 11.7. The lowest BCUT2D eigenvalue weighted by Gasteiger charge is -2.52. The molecule has 8 nitrogen and oxygen atoms in total. The number of hydrogen-bond donors (Lipinski definition) is 1. The Kier molecular flexibility index (Phi) is 8.24. The molecule has 1 saturated carbocycles. The van der Waals surface area contributed by atoms with Gasteiger partial charge in [0.25, 0.3) is 0 Å². The van der Waals surface area contributed by atoms with Gasteiger partial charge in [-0.25, -0.2) is 0 Å². The number of likely N-dealkylation sites (tertiary alicyclic amines) is 1. The molecule has 4 atom stereocenters. The Bertz CT molecular complexity index is 1350. The summed E-state index contributed by atoms with van der Waals surface area (Å²) >= 11 is 0. The lowest BCUT2D eigenvalue weighted by molar-refractivity contribution is -0.182. The van der Waals surface area contributed by atoms with Gasteiger partial charge in [-0.05, 0) is 67.0 Å². The molecular weight excluding hydrogens is 553 g/mol. The Hall–Kier alpha value is -3.60. The standard InChI is InChI=1S/C31H35F3N2O6/c1-18(2)24-14-25-30(29(39)40-3,27(42-24)20-9-10-20)15-21(28(38)36(25)17-23-8-5-11-41-23)13-26(37)35-16-19-6-4-7-22(12-19)31(32,33)34/h4-8,11-12,14,18,20-21,24,27H,9-10,13,15-17H2,1-3H3,(H,35,37)/t21-,24+,27+,30+/m0/s1. The van der Waals surface area contributed by atoms with Crippen molar-refractivity contribution in [1.29, 1.82) is 0 Å². The van der Waals surface area contributed by atoms with Gasteiger partial charge in [0.2, 0.25) is 11.8 Å². The molecule has 42 heavy (non-hydrogen) atoms. The van der Waals surface area contributed by atoms with Gasteiger partial charge in [0, 0.05) is 24.6 Å². The van der Waals surface area contributed by atoms with E-state index in [2.05, 4.69) is 5.32 Å². The van der Waals surface area contributed by atoms with Crippen molar-refractivity contribution in [2.75, 3.05) is 7.11 Å². The number of ether oxygens (including phenoxy) is 2. The molecule has 1 aromatic heterocycles. The Morgan fingerprint density at radius 3 is 2.57 bits per heavy atom. The largest absolute Gasteiger partial charge is 0.468 e. The topological polar surface area (TPSA) is 98.1 Å². The van der Waals surface area contributed by atoms with Crippen molar-refractivity contribution in [2.24, 2.45) is 23.2 Å². The molecule has 2 aromatic rings. The maximum absolute atomic E-state index is 14.0. The molecule has 1 aromatic carbocycles. The molecule has 1 N–H and O–H groups in total. The smallest absolute Gasteiger partial charge is 0.416 e. The van der Waals surface area contributed by atoms with Crippen LogP contribution in [0.3, 0.4) is 0 Å². The fourth-order valence-electron chi connectivity index (χ4n) is 6.12. The van der Waals surface area contributed by atoms with Crippen molar-refractivity contribution in [3.05, 3.63) is 71.3 Å². The monoisotopic (exact) mass is 588 g/mol. The van der Waals surface area contributed by atoms with Crippen LogP contribution in [-0.2, 0) is 43.1 Å². The van der Waals surface area contributed by atoms with E-state index in [1.165, 1.54) is 30.4 Å². The first kappa shape index (κ1) is 29.9. The van der Waals surface area contributed by atoms with Crippen LogP contribution >= 0.6 is 0 Å². The van der Waals surface area contributed by atoms with Crippen LogP contribution in [0.25, 0.3) is 0 Å². The molecule has 0 spiro atoms. The molecule has 0 unspecified atom stereocenters. The fourth-order valence-corrected chi connectivity index (χ4v) is 6.12. The summed E-state index contributed by atoms with van der Waals surface area (Å²) < 4.78 is 56.9. The fraction of sp³-hybridized carbons (Fsp3) is 0.516. The van der Waals surface area contributed by atoms with Crippen LogP contribution in [0.15, 0.2) is 58.9 Å². The summed E-state index contributed by atoms with van der Waals surface area (Å²) in [5.74, 6) is -1.61. The van der Waals surface area contributed by atoms with E-state index in [9.17, 15) is 27.6 Å². The van der Waals surface area contributed by atoms with E-state index >= 15 is 0 Å². The highest BCUT2D eigenvalue weighted by Crippen LogP contribution is 2.56. The third-order valence-corrected chi connectivity index (χ3v) is 8.37. The number of methoxy groups -OCH3 is 1. The minimum Gasteiger partial charge on any atom is -0.468 e. The van der Waals surface area contributed by atoms with Crippen molar-refractivity contribution >= 4 is 17.8 Å². The number of carbonyl (C=O) groups is 3. The third kappa shape index (κ3) is 5.84. The van der Waals surface area contributed by atoms with Crippen molar-refractivity contribution < 1.29 is 41.4 Å². The summed E-state index contributed by atoms with van der Waals surface area (Å²) in [7, 11) is 1.30. The molecule has 0 radical (unpaired) electrons. The zero-order valence-electron chi connectivity index (χ0n) is 23.8. The van der Waals surface area contributed by atoms with Crippen molar-refractivity contribution in [3.8, 4) is 0 Å². The maximum atomic E-state index is 14.0. The highest BCUT2D eigenvalue weighted by atomic mass is 19.4. The predicted octanol–water partition coefficient (Wildman–Crippen LogP) is 5.23. The quantitative estimate of drug-likeness (QED) is 0.403. The summed E-state index contributed by atoms with van der Waals surface area (Å²) in [6.07, 6.45) is -0.544. The SMILES string of the molecule is COC(=O)[C@]12C[C@H](CC(=O)NCc3cccc(C(F)(F)F)c3)C(=O)N(Cc3ccco3)C1=C[C@H](C(C)C)O[C@@H]2C1CC1. The number of piperidine rings is 1. The van der Waals surface area contributed by atoms with E-state index in [0.717, 1.165) is 25.0 Å². The van der Waals surface area contributed by atoms with Gasteiger partial charge in [-0.15, -0.1) is 0 Å². The highest BCUT2D eigenvalue weighted by molar-refractivity contribution is 5.92. The molecule has 1 aliphatic carbocycles. The van der Waals surface area contributed by atoms with Gasteiger partial charge in [-0.2, -0.15) is 13.2 Å². The maximum Gasteiger partial charge on any atom is 0.416 e. The van der Waals surface area contributed by atoms with Crippen LogP contribution in [0.2, 0.25) is 0 Å². The molecule has 2 amide bonds. The van der Waals surface area contributed by atoms with Crippen LogP contribution < -0.4 is 5.32 Å². The number of nitrogens with one attached hydrogen (secondary N) is 1. The number of alkyl halides is 3. The summed E-state index contributed by atoms with van der Waals surface area (Å²) in [6, 6.07) is 8.14. The summed E-state index contributed by atoms with van der Waals surface area (Å²) in [6.45, 7) is 3.93. The zero-order valence-corrected chi connectivity index (χ0v) is 23.8. The number of fused-ring (bicyclic) bond motifs is 1. The molecule has 3 aliphatic rings. The molecule has 2 aliphatic heterocycles. The zero-order chi connectivity index (χ0) is 30.2. The van der Waals surface area contributed by atoms with Crippen LogP contribution in [0.5, 0.6) is 0 Å². The molecule has 1 saturated heterocycles. The average molecular weight is 589 g/mol. The molecule has 0 bridgehead atoms. The van der Waals surface area contributed by atoms with Gasteiger partial charge < -0.3 is 24.1 Å². The number of carbonyl (C=O) groups excluding carboxylic acids is 3. The first-order valence-corrected chi connectivity index (χ1v) is 14.2. The number of benzene rings is 1. The van der Waals surface area contributed by atoms with Gasteiger partial charge in [0.1, 0.15) is 11.2 Å². The number of halogens is 3. The van der Waals surface area contributed by atoms with E-state index in [-0.39, 0.29) is 55.3 Å². The van der Waals surface area contributed by atoms with E-state index < -0.39 is 41.1 Å². The van der Waals surface area contributed by atoms with Crippen molar-refractivity contribution in [2.45, 2.75) is 71.0 Å². The van der Waals surface area contributed by atoms with Crippen LogP contribution in [0, 0.1) is 23.2 Å². The van der Waals surface area contributed by atoms with Crippen LogP contribution in [0.1, 0.15) is 56.4 Å². The highest BCUT2D eigenvalue weighted by Gasteiger charge is 2.64. The lowest BCUT2D eigenvalue weighted by atomic mass is 9.64. The minimum atomic E-state index is -4.51. The lowest BCUT2D eigenvalue weighted by Crippen LogP contribution is -2.61. The van der Waals surface area contributed by atoms with Crippen molar-refractivity contribution in [1.82, 2.24) is 10.2 Å². The average Bonchev–Trinajstić information content (AvgIpc) is 3.67. The number of esters is 1. The molecule has 3 heterocycles. The van der Waals surface area contributed by atoms with Gasteiger partial charge in [-0.1, -0.05) is 26.0 Å². The molecular formula is C31H35F3N2O6. The predicted molar refractivity (Wildman–Crippen MR) is 144 cm³/mol. The van der Waals surface area contributed by atoms with Crippen molar-refractivity contribution in [3.63, 3.8) is 0 Å². The number of hydrogen-bond acceptors (Lipinski definition) is 6. The van der Waals surface area contributed by atoms with Gasteiger partial charge in [0.15, 0.2) is 0 Å². The molecule has 226 valence electrons. The number of rotatable bonds is 9. The van der Waals surface area contributed by atoms with Crippen LogP contribution in [0.4, 0.5) is 13.2 Å². The van der Waals surface area contributed by atoms with E-state index in [0.29, 0.717) is 11.5 Å². The Labute approximate surface area is 242 Å². The van der Waals surface area contributed by atoms with Gasteiger partial charge in [-0.3, -0.25) is 14.4 Å². The van der Waals surface area contributed by atoms with Gasteiger partial charge >= 0.3 is 12.1 Å². The first-order valence-electron chi connectivity index (χ1n) is 14.2. The second-order valence-corrected chi connectivity index (χ2v) is 11.7. The second kappa shape index (κ2) is 11.6. The Morgan fingerprint density at radius 2 is 1.95 bits per heavy atom. The van der Waals surface area contributed by atoms with E-state index in [1.54, 1.807) is 12.1 Å². The minimum absolute atomic E-state index is 0.0158. The third-order valence-electron chi connectivity index (χ3n) is 8.37. The molecule has 2 fully saturated rings. The number of furan rings is 1. The molecule has 11 heteroatoms. The Morgan fingerprint density at radius 1 is 1.19 bits per heavy atom. The molecule has 5 rings (SSSR count). The summed E-state index contributed by atoms with van der Waals surface area (Å²) in [5.41, 5.74) is -1.34. The Balaban J connectivity index is 1.45. The van der Waals surface area contributed by atoms with Crippen LogP contribution in [-0.4, -0.2) is 42.0 Å². The van der Waals surface area contributed by atoms with E-state index in [1.807, 2.05) is 19.9 Å². The van der Waals surface area contributed by atoms with Gasteiger partial charge in [0.05, 0.1) is 37.7 Å². The first-order chi connectivity index (χ1) is 19.9. The number of amides is 2. The normalized spacial score (nSPS) is 26.1.